The molecule has 4 bridgehead atoms. The Hall–Kier alpha value is -1.09. The highest BCUT2D eigenvalue weighted by atomic mass is 32.2. The van der Waals surface area contributed by atoms with E-state index in [4.69, 9.17) is 0 Å². The predicted octanol–water partition coefficient (Wildman–Crippen LogP) is 1.88. The summed E-state index contributed by atoms with van der Waals surface area (Å²) in [5, 5.41) is -4.72. The molecule has 0 amide bonds. The van der Waals surface area contributed by atoms with E-state index in [0.29, 0.717) is 38.1 Å². The third-order valence-electron chi connectivity index (χ3n) is 5.76. The standard InChI is InChI=1S/C15H20F2O6S/c1-22-24(20,21)15(16,17)13(19)23-3-2-14-6-9-4-10(7-14)12(18)11(5-9)8-14/h9-11H,2-8H2,1H3. The van der Waals surface area contributed by atoms with E-state index in [1.54, 1.807) is 0 Å². The first-order chi connectivity index (χ1) is 11.1. The summed E-state index contributed by atoms with van der Waals surface area (Å²) in [6, 6.07) is 0. The van der Waals surface area contributed by atoms with Crippen molar-refractivity contribution in [1.82, 2.24) is 0 Å². The summed E-state index contributed by atoms with van der Waals surface area (Å²) in [4.78, 5) is 23.5. The zero-order valence-electron chi connectivity index (χ0n) is 13.3. The van der Waals surface area contributed by atoms with Crippen molar-refractivity contribution in [1.29, 1.82) is 0 Å². The van der Waals surface area contributed by atoms with E-state index >= 15 is 0 Å². The molecule has 0 saturated heterocycles. The van der Waals surface area contributed by atoms with Crippen LogP contribution in [0.5, 0.6) is 0 Å². The van der Waals surface area contributed by atoms with Crippen LogP contribution in [0.1, 0.15) is 38.5 Å². The lowest BCUT2D eigenvalue weighted by Crippen LogP contribution is -2.51. The minimum absolute atomic E-state index is 0.0438. The van der Waals surface area contributed by atoms with Gasteiger partial charge in [-0.1, -0.05) is 0 Å². The van der Waals surface area contributed by atoms with E-state index in [9.17, 15) is 26.8 Å². The molecule has 0 aromatic carbocycles. The number of Topliss-reactive ketones (excluding diaryl/α,β-unsaturated/α-hetero) is 1. The third kappa shape index (κ3) is 2.75. The van der Waals surface area contributed by atoms with Crippen LogP contribution in [0.2, 0.25) is 0 Å². The van der Waals surface area contributed by atoms with Crippen LogP contribution < -0.4 is 0 Å². The summed E-state index contributed by atoms with van der Waals surface area (Å²) >= 11 is 0. The molecule has 9 heteroatoms. The fraction of sp³-hybridized carbons (Fsp3) is 0.867. The van der Waals surface area contributed by atoms with Gasteiger partial charge in [0.2, 0.25) is 0 Å². The van der Waals surface area contributed by atoms with Gasteiger partial charge in [-0.15, -0.1) is 0 Å². The van der Waals surface area contributed by atoms with Crippen molar-refractivity contribution in [3.8, 4) is 0 Å². The Bertz CT molecular complexity index is 641. The zero-order valence-corrected chi connectivity index (χ0v) is 14.1. The number of ether oxygens (including phenoxy) is 1. The van der Waals surface area contributed by atoms with Crippen molar-refractivity contribution < 1.29 is 35.7 Å². The molecular weight excluding hydrogens is 346 g/mol. The summed E-state index contributed by atoms with van der Waals surface area (Å²) < 4.78 is 57.4. The van der Waals surface area contributed by atoms with E-state index < -0.39 is 21.3 Å². The normalized spacial score (nSPS) is 35.3. The molecule has 0 radical (unpaired) electrons. The smallest absolute Gasteiger partial charge is 0.460 e. The second-order valence-corrected chi connectivity index (χ2v) is 9.02. The highest BCUT2D eigenvalue weighted by Crippen LogP contribution is 2.59. The number of hydrogen-bond donors (Lipinski definition) is 0. The maximum Gasteiger partial charge on any atom is 0.466 e. The number of carbonyl (C=O) groups excluding carboxylic acids is 2. The van der Waals surface area contributed by atoms with Crippen LogP contribution in [0.4, 0.5) is 8.78 Å². The maximum atomic E-state index is 13.5. The maximum absolute atomic E-state index is 13.5. The van der Waals surface area contributed by atoms with Gasteiger partial charge in [-0.2, -0.15) is 17.2 Å². The number of carbonyl (C=O) groups is 2. The molecule has 4 aliphatic carbocycles. The average molecular weight is 366 g/mol. The second kappa shape index (κ2) is 5.72. The first-order valence-corrected chi connectivity index (χ1v) is 9.40. The van der Waals surface area contributed by atoms with Gasteiger partial charge in [-0.05, 0) is 49.9 Å². The fourth-order valence-electron chi connectivity index (χ4n) is 4.87. The first-order valence-electron chi connectivity index (χ1n) is 7.99. The van der Waals surface area contributed by atoms with Crippen LogP contribution in [-0.2, 0) is 28.6 Å². The molecule has 2 atom stereocenters. The molecule has 4 fully saturated rings. The van der Waals surface area contributed by atoms with Gasteiger partial charge in [0.05, 0.1) is 13.7 Å². The van der Waals surface area contributed by atoms with Crippen molar-refractivity contribution in [3.63, 3.8) is 0 Å². The molecule has 0 aromatic rings. The van der Waals surface area contributed by atoms with Crippen LogP contribution in [-0.4, -0.2) is 39.1 Å². The van der Waals surface area contributed by atoms with Gasteiger partial charge in [-0.25, -0.2) is 4.79 Å². The molecule has 4 aliphatic rings. The lowest BCUT2D eigenvalue weighted by molar-refractivity contribution is -0.165. The van der Waals surface area contributed by atoms with Gasteiger partial charge < -0.3 is 4.74 Å². The van der Waals surface area contributed by atoms with Gasteiger partial charge in [0.25, 0.3) is 0 Å². The van der Waals surface area contributed by atoms with E-state index in [1.807, 2.05) is 0 Å². The summed E-state index contributed by atoms with van der Waals surface area (Å²) in [7, 11) is -4.77. The van der Waals surface area contributed by atoms with Gasteiger partial charge in [0, 0.05) is 11.8 Å². The van der Waals surface area contributed by atoms with Crippen molar-refractivity contribution in [2.24, 2.45) is 23.2 Å². The Balaban J connectivity index is 1.59. The molecule has 0 heterocycles. The van der Waals surface area contributed by atoms with Crippen LogP contribution in [0, 0.1) is 23.2 Å². The Kier molecular flexibility index (Phi) is 4.23. The summed E-state index contributed by atoms with van der Waals surface area (Å²) in [5.74, 6) is -1.24. The molecule has 0 aromatic heterocycles. The Morgan fingerprint density at radius 1 is 1.25 bits per heavy atom. The van der Waals surface area contributed by atoms with Crippen LogP contribution in [0.15, 0.2) is 0 Å². The molecule has 4 saturated carbocycles. The Labute approximate surface area is 139 Å². The molecular formula is C15H20F2O6S. The summed E-state index contributed by atoms with van der Waals surface area (Å²) in [5.41, 5.74) is -0.153. The monoisotopic (exact) mass is 366 g/mol. The highest BCUT2D eigenvalue weighted by Gasteiger charge is 2.57. The number of esters is 1. The van der Waals surface area contributed by atoms with Crippen LogP contribution in [0.3, 0.4) is 0 Å². The number of hydrogen-bond acceptors (Lipinski definition) is 6. The zero-order chi connectivity index (χ0) is 17.8. The number of halogens is 2. The third-order valence-corrected chi connectivity index (χ3v) is 6.99. The SMILES string of the molecule is COS(=O)(=O)C(F)(F)C(=O)OCCC12CC3CC(C1)C(=O)C(C3)C2. The van der Waals surface area contributed by atoms with Crippen molar-refractivity contribution >= 4 is 21.9 Å². The Morgan fingerprint density at radius 3 is 2.38 bits per heavy atom. The minimum Gasteiger partial charge on any atom is -0.460 e. The molecule has 24 heavy (non-hydrogen) atoms. The van der Waals surface area contributed by atoms with Gasteiger partial charge >= 0.3 is 21.3 Å². The van der Waals surface area contributed by atoms with Crippen molar-refractivity contribution in [3.05, 3.63) is 0 Å². The number of ketones is 1. The van der Waals surface area contributed by atoms with Crippen molar-refractivity contribution in [2.75, 3.05) is 13.7 Å². The largest absolute Gasteiger partial charge is 0.466 e. The lowest BCUT2D eigenvalue weighted by atomic mass is 9.48. The fourth-order valence-corrected chi connectivity index (χ4v) is 5.34. The average Bonchev–Trinajstić information content (AvgIpc) is 2.51. The molecule has 4 rings (SSSR count). The molecule has 2 unspecified atom stereocenters. The van der Waals surface area contributed by atoms with Crippen molar-refractivity contribution in [2.45, 2.75) is 43.8 Å². The molecule has 0 aliphatic heterocycles. The topological polar surface area (TPSA) is 86.7 Å². The molecule has 6 nitrogen and oxygen atoms in total. The first kappa shape index (κ1) is 17.7. The van der Waals surface area contributed by atoms with Gasteiger partial charge in [0.1, 0.15) is 5.78 Å². The molecule has 136 valence electrons. The molecule has 0 spiro atoms. The predicted molar refractivity (Wildman–Crippen MR) is 77.4 cm³/mol. The summed E-state index contributed by atoms with van der Waals surface area (Å²) in [6.07, 6.45) is 4.52. The van der Waals surface area contributed by atoms with Crippen LogP contribution in [0.25, 0.3) is 0 Å². The van der Waals surface area contributed by atoms with E-state index in [-0.39, 0.29) is 23.9 Å². The molecule has 0 N–H and O–H groups in total. The summed E-state index contributed by atoms with van der Waals surface area (Å²) in [6.45, 7) is -0.284. The van der Waals surface area contributed by atoms with E-state index in [2.05, 4.69) is 8.92 Å². The van der Waals surface area contributed by atoms with E-state index in [1.165, 1.54) is 0 Å². The Morgan fingerprint density at radius 2 is 1.83 bits per heavy atom. The minimum atomic E-state index is -5.33. The highest BCUT2D eigenvalue weighted by molar-refractivity contribution is 7.88. The number of rotatable bonds is 6. The lowest BCUT2D eigenvalue weighted by Gasteiger charge is -2.55. The van der Waals surface area contributed by atoms with Gasteiger partial charge in [0.15, 0.2) is 0 Å². The van der Waals surface area contributed by atoms with Crippen LogP contribution >= 0.6 is 0 Å². The van der Waals surface area contributed by atoms with Gasteiger partial charge in [-0.3, -0.25) is 8.98 Å². The van der Waals surface area contributed by atoms with E-state index in [0.717, 1.165) is 19.3 Å². The quantitative estimate of drug-likeness (QED) is 0.527. The second-order valence-electron chi connectivity index (χ2n) is 7.27. The number of alkyl halides is 2.